The summed E-state index contributed by atoms with van der Waals surface area (Å²) >= 11 is 6.43. The predicted octanol–water partition coefficient (Wildman–Crippen LogP) is 6.41. The average Bonchev–Trinajstić information content (AvgIpc) is 3.62. The maximum absolute atomic E-state index is 12.9. The molecule has 4 heterocycles. The van der Waals surface area contributed by atoms with Gasteiger partial charge < -0.3 is 18.6 Å². The summed E-state index contributed by atoms with van der Waals surface area (Å²) in [6.45, 7) is 10.8. The van der Waals surface area contributed by atoms with E-state index in [4.69, 9.17) is 25.7 Å². The van der Waals surface area contributed by atoms with Gasteiger partial charge in [0, 0.05) is 49.0 Å². The van der Waals surface area contributed by atoms with Crippen LogP contribution in [0.25, 0.3) is 22.0 Å². The van der Waals surface area contributed by atoms with Crippen LogP contribution in [0.1, 0.15) is 47.8 Å². The van der Waals surface area contributed by atoms with E-state index >= 15 is 0 Å². The van der Waals surface area contributed by atoms with Gasteiger partial charge >= 0.3 is 0 Å². The first kappa shape index (κ1) is 27.0. The fourth-order valence-corrected chi connectivity index (χ4v) is 5.56. The monoisotopic (exact) mass is 544 g/mol. The molecule has 0 spiro atoms. The van der Waals surface area contributed by atoms with E-state index in [-0.39, 0.29) is 17.0 Å². The Labute approximate surface area is 233 Å². The summed E-state index contributed by atoms with van der Waals surface area (Å²) in [5, 5.41) is 11.3. The van der Waals surface area contributed by atoms with Gasteiger partial charge in [-0.05, 0) is 68.5 Å². The Kier molecular flexibility index (Phi) is 7.79. The van der Waals surface area contributed by atoms with Crippen LogP contribution < -0.4 is 10.5 Å². The normalized spacial score (nSPS) is 17.7. The minimum absolute atomic E-state index is 0.163. The van der Waals surface area contributed by atoms with Gasteiger partial charge in [0.25, 0.3) is 5.56 Å². The molecule has 0 saturated carbocycles. The number of pyridine rings is 1. The number of hydrogen-bond donors (Lipinski definition) is 0. The molecule has 2 fully saturated rings. The van der Waals surface area contributed by atoms with Gasteiger partial charge in [-0.3, -0.25) is 4.79 Å². The van der Waals surface area contributed by atoms with Crippen LogP contribution in [-0.4, -0.2) is 35.9 Å². The fraction of sp³-hybridized carbons (Fsp3) is 0.387. The van der Waals surface area contributed by atoms with Crippen molar-refractivity contribution < 1.29 is 9.15 Å². The van der Waals surface area contributed by atoms with Crippen LogP contribution in [0, 0.1) is 31.1 Å². The molecule has 0 radical (unpaired) electrons. The van der Waals surface area contributed by atoms with Crippen molar-refractivity contribution in [3.63, 3.8) is 0 Å². The zero-order chi connectivity index (χ0) is 27.7. The number of rotatable bonds is 3. The minimum atomic E-state index is -0.284. The van der Waals surface area contributed by atoms with E-state index in [2.05, 4.69) is 17.5 Å². The number of nitrogens with zero attached hydrogens (tertiary/aromatic N) is 4. The highest BCUT2D eigenvalue weighted by atomic mass is 35.5. The molecule has 2 aromatic carbocycles. The molecule has 0 amide bonds. The molecule has 0 aliphatic carbocycles. The molecule has 0 bridgehead atoms. The van der Waals surface area contributed by atoms with E-state index < -0.39 is 0 Å². The van der Waals surface area contributed by atoms with E-state index in [1.807, 2.05) is 50.3 Å². The van der Waals surface area contributed by atoms with Crippen molar-refractivity contribution in [3.8, 4) is 6.07 Å². The topological polar surface area (TPSA) is 84.3 Å². The third-order valence-corrected chi connectivity index (χ3v) is 8.19. The van der Waals surface area contributed by atoms with Crippen LogP contribution in [0.15, 0.2) is 52.2 Å². The molecule has 2 aromatic heterocycles. The van der Waals surface area contributed by atoms with Gasteiger partial charge in [0.05, 0.1) is 17.8 Å². The quantitative estimate of drug-likeness (QED) is 0.277. The Morgan fingerprint density at radius 2 is 1.95 bits per heavy atom. The first-order valence-electron chi connectivity index (χ1n) is 13.4. The lowest BCUT2D eigenvalue weighted by Gasteiger charge is -2.34. The molecule has 2 aliphatic rings. The molecule has 1 atom stereocenters. The maximum Gasteiger partial charge on any atom is 0.270 e. The number of ether oxygens (including phenoxy) is 1. The lowest BCUT2D eigenvalue weighted by atomic mass is 9.95. The SMILES string of the molecule is C=CC1CCOC1.Cc1ccc2oc(C3CCN(c4c(C#N)c(=O)n(C)c5cc(C)c(Cl)cc45)CC3)nc2c1. The summed E-state index contributed by atoms with van der Waals surface area (Å²) in [6, 6.07) is 12.0. The summed E-state index contributed by atoms with van der Waals surface area (Å²) in [5.41, 5.74) is 5.09. The number of hydrogen-bond acceptors (Lipinski definition) is 6. The van der Waals surface area contributed by atoms with Gasteiger partial charge in [0.2, 0.25) is 0 Å². The molecule has 2 aliphatic heterocycles. The van der Waals surface area contributed by atoms with E-state index in [1.54, 1.807) is 7.05 Å². The van der Waals surface area contributed by atoms with Gasteiger partial charge in [-0.2, -0.15) is 5.26 Å². The van der Waals surface area contributed by atoms with Gasteiger partial charge in [0.1, 0.15) is 17.1 Å². The standard InChI is InChI=1S/C25H23ClN4O2.C6H10O/c1-14-4-5-22-20(10-14)28-24(32-22)16-6-8-30(9-7-16)23-17-12-19(26)15(2)11-21(17)29(3)25(31)18(23)13-27;1-2-6-3-4-7-5-6/h4-5,10-12,16H,6-9H2,1-3H3;2,6H,1,3-5H2. The highest BCUT2D eigenvalue weighted by molar-refractivity contribution is 6.32. The van der Waals surface area contributed by atoms with Crippen LogP contribution in [0.3, 0.4) is 0 Å². The van der Waals surface area contributed by atoms with Crippen molar-refractivity contribution in [3.05, 3.63) is 80.9 Å². The molecule has 6 rings (SSSR count). The summed E-state index contributed by atoms with van der Waals surface area (Å²) in [5.74, 6) is 1.60. The largest absolute Gasteiger partial charge is 0.440 e. The summed E-state index contributed by atoms with van der Waals surface area (Å²) in [6.07, 6.45) is 4.79. The number of halogens is 1. The Morgan fingerprint density at radius 3 is 2.59 bits per heavy atom. The number of nitriles is 1. The zero-order valence-electron chi connectivity index (χ0n) is 22.7. The fourth-order valence-electron chi connectivity index (χ4n) is 5.39. The van der Waals surface area contributed by atoms with E-state index in [0.717, 1.165) is 65.1 Å². The summed E-state index contributed by atoms with van der Waals surface area (Å²) in [4.78, 5) is 19.8. The first-order valence-corrected chi connectivity index (χ1v) is 13.7. The molecular formula is C31H33ClN4O3. The number of aryl methyl sites for hydroxylation is 3. The van der Waals surface area contributed by atoms with Gasteiger partial charge in [-0.25, -0.2) is 4.98 Å². The number of piperidine rings is 1. The lowest BCUT2D eigenvalue weighted by molar-refractivity contribution is 0.191. The molecule has 7 nitrogen and oxygen atoms in total. The molecule has 4 aromatic rings. The number of oxazole rings is 1. The molecule has 0 N–H and O–H groups in total. The predicted molar refractivity (Wildman–Crippen MR) is 156 cm³/mol. The van der Waals surface area contributed by atoms with E-state index in [0.29, 0.717) is 29.7 Å². The van der Waals surface area contributed by atoms with Crippen molar-refractivity contribution in [2.45, 2.75) is 39.0 Å². The number of benzene rings is 2. The Bertz CT molecular complexity index is 1630. The second kappa shape index (κ2) is 11.3. The maximum atomic E-state index is 12.9. The first-order chi connectivity index (χ1) is 18.8. The van der Waals surface area contributed by atoms with E-state index in [1.165, 1.54) is 11.0 Å². The van der Waals surface area contributed by atoms with Crippen molar-refractivity contribution in [2.75, 3.05) is 31.2 Å². The highest BCUT2D eigenvalue weighted by Gasteiger charge is 2.28. The number of anilines is 1. The second-order valence-electron chi connectivity index (χ2n) is 10.5. The molecule has 2 saturated heterocycles. The molecule has 39 heavy (non-hydrogen) atoms. The van der Waals surface area contributed by atoms with Crippen molar-refractivity contribution in [1.29, 1.82) is 5.26 Å². The average molecular weight is 545 g/mol. The lowest BCUT2D eigenvalue weighted by Crippen LogP contribution is -2.35. The van der Waals surface area contributed by atoms with Crippen LogP contribution in [0.2, 0.25) is 5.02 Å². The highest BCUT2D eigenvalue weighted by Crippen LogP contribution is 2.37. The minimum Gasteiger partial charge on any atom is -0.440 e. The Morgan fingerprint density at radius 1 is 1.18 bits per heavy atom. The third kappa shape index (κ3) is 5.32. The van der Waals surface area contributed by atoms with Crippen molar-refractivity contribution in [1.82, 2.24) is 9.55 Å². The Balaban J connectivity index is 0.000000384. The Hall–Kier alpha value is -3.60. The van der Waals surface area contributed by atoms with Crippen molar-refractivity contribution >= 4 is 39.3 Å². The number of aromatic nitrogens is 2. The van der Waals surface area contributed by atoms with Crippen LogP contribution in [0.4, 0.5) is 5.69 Å². The zero-order valence-corrected chi connectivity index (χ0v) is 23.4. The van der Waals surface area contributed by atoms with Crippen LogP contribution >= 0.6 is 11.6 Å². The molecule has 1 unspecified atom stereocenters. The van der Waals surface area contributed by atoms with Crippen LogP contribution in [-0.2, 0) is 11.8 Å². The smallest absolute Gasteiger partial charge is 0.270 e. The van der Waals surface area contributed by atoms with Gasteiger partial charge in [0.15, 0.2) is 11.5 Å². The third-order valence-electron chi connectivity index (χ3n) is 7.78. The second-order valence-corrected chi connectivity index (χ2v) is 10.9. The summed E-state index contributed by atoms with van der Waals surface area (Å²) < 4.78 is 12.6. The van der Waals surface area contributed by atoms with E-state index in [9.17, 15) is 10.1 Å². The summed E-state index contributed by atoms with van der Waals surface area (Å²) in [7, 11) is 1.70. The van der Waals surface area contributed by atoms with Crippen molar-refractivity contribution in [2.24, 2.45) is 13.0 Å². The van der Waals surface area contributed by atoms with Crippen LogP contribution in [0.5, 0.6) is 0 Å². The van der Waals surface area contributed by atoms with Gasteiger partial charge in [-0.15, -0.1) is 6.58 Å². The molecular weight excluding hydrogens is 512 g/mol. The van der Waals surface area contributed by atoms with Gasteiger partial charge in [-0.1, -0.05) is 23.7 Å². The number of fused-ring (bicyclic) bond motifs is 2. The molecule has 8 heteroatoms. The molecule has 202 valence electrons.